The summed E-state index contributed by atoms with van der Waals surface area (Å²) in [5, 5.41) is 13.0. The number of phenolic OH excluding ortho intramolecular Hbond substituents is 1. The Kier molecular flexibility index (Phi) is 3.87. The number of rotatable bonds is 3. The second-order valence-corrected chi connectivity index (χ2v) is 4.91. The van der Waals surface area contributed by atoms with Gasteiger partial charge in [0.25, 0.3) is 0 Å². The molecule has 4 heteroatoms. The van der Waals surface area contributed by atoms with E-state index in [1.165, 1.54) is 12.1 Å². The topological polar surface area (TPSA) is 32.3 Å². The predicted octanol–water partition coefficient (Wildman–Crippen LogP) is 4.21. The summed E-state index contributed by atoms with van der Waals surface area (Å²) in [6.07, 6.45) is 0. The van der Waals surface area contributed by atoms with Gasteiger partial charge in [-0.25, -0.2) is 4.39 Å². The number of hydrogen-bond donors (Lipinski definition) is 2. The number of hydrogen-bond acceptors (Lipinski definition) is 2. The number of aryl methyl sites for hydroxylation is 1. The molecule has 94 valence electrons. The molecule has 2 N–H and O–H groups in total. The lowest BCUT2D eigenvalue weighted by molar-refractivity contribution is 0.465. The van der Waals surface area contributed by atoms with Gasteiger partial charge in [-0.1, -0.05) is 12.1 Å². The van der Waals surface area contributed by atoms with E-state index in [1.807, 2.05) is 19.1 Å². The standard InChI is InChI=1S/C14H13BrFNO/c1-9-7-11(16)5-6-13(9)17-8-10-3-2-4-12(15)14(10)18/h2-7,17-18H,8H2,1H3. The van der Waals surface area contributed by atoms with Gasteiger partial charge in [0.2, 0.25) is 0 Å². The fourth-order valence-electron chi connectivity index (χ4n) is 1.72. The van der Waals surface area contributed by atoms with E-state index < -0.39 is 0 Å². The summed E-state index contributed by atoms with van der Waals surface area (Å²) in [6, 6.07) is 10.1. The largest absolute Gasteiger partial charge is 0.506 e. The van der Waals surface area contributed by atoms with Gasteiger partial charge in [-0.2, -0.15) is 0 Å². The summed E-state index contributed by atoms with van der Waals surface area (Å²) in [5.41, 5.74) is 2.48. The van der Waals surface area contributed by atoms with Crippen molar-refractivity contribution in [1.29, 1.82) is 0 Å². The Morgan fingerprint density at radius 2 is 2.06 bits per heavy atom. The van der Waals surface area contributed by atoms with Crippen molar-refractivity contribution in [2.24, 2.45) is 0 Å². The molecule has 2 aromatic carbocycles. The van der Waals surface area contributed by atoms with Gasteiger partial charge in [0.05, 0.1) is 4.47 Å². The number of aromatic hydroxyl groups is 1. The first kappa shape index (κ1) is 12.9. The molecule has 2 aromatic rings. The lowest BCUT2D eigenvalue weighted by atomic mass is 10.1. The zero-order valence-electron chi connectivity index (χ0n) is 9.87. The van der Waals surface area contributed by atoms with Crippen LogP contribution in [0.2, 0.25) is 0 Å². The van der Waals surface area contributed by atoms with E-state index in [9.17, 15) is 9.50 Å². The molecular weight excluding hydrogens is 297 g/mol. The van der Waals surface area contributed by atoms with Crippen LogP contribution in [0.5, 0.6) is 5.75 Å². The third kappa shape index (κ3) is 2.82. The van der Waals surface area contributed by atoms with Gasteiger partial charge in [0.15, 0.2) is 0 Å². The highest BCUT2D eigenvalue weighted by Gasteiger charge is 2.05. The minimum Gasteiger partial charge on any atom is -0.506 e. The highest BCUT2D eigenvalue weighted by molar-refractivity contribution is 9.10. The summed E-state index contributed by atoms with van der Waals surface area (Å²) in [4.78, 5) is 0. The van der Waals surface area contributed by atoms with Gasteiger partial charge >= 0.3 is 0 Å². The van der Waals surface area contributed by atoms with Crippen molar-refractivity contribution in [2.45, 2.75) is 13.5 Å². The van der Waals surface area contributed by atoms with E-state index >= 15 is 0 Å². The molecule has 0 heterocycles. The molecule has 0 bridgehead atoms. The van der Waals surface area contributed by atoms with E-state index in [-0.39, 0.29) is 11.6 Å². The maximum Gasteiger partial charge on any atom is 0.134 e. The van der Waals surface area contributed by atoms with Crippen LogP contribution < -0.4 is 5.32 Å². The minimum absolute atomic E-state index is 0.227. The smallest absolute Gasteiger partial charge is 0.134 e. The van der Waals surface area contributed by atoms with Crippen LogP contribution >= 0.6 is 15.9 Å². The Balaban J connectivity index is 2.14. The molecule has 0 aliphatic rings. The molecule has 0 spiro atoms. The van der Waals surface area contributed by atoms with Crippen molar-refractivity contribution in [3.05, 3.63) is 57.8 Å². The lowest BCUT2D eigenvalue weighted by Gasteiger charge is -2.11. The van der Waals surface area contributed by atoms with Crippen LogP contribution in [0.3, 0.4) is 0 Å². The SMILES string of the molecule is Cc1cc(F)ccc1NCc1cccc(Br)c1O. The van der Waals surface area contributed by atoms with Gasteiger partial charge < -0.3 is 10.4 Å². The summed E-state index contributed by atoms with van der Waals surface area (Å²) < 4.78 is 13.6. The van der Waals surface area contributed by atoms with Crippen LogP contribution in [0.4, 0.5) is 10.1 Å². The Morgan fingerprint density at radius 3 is 2.78 bits per heavy atom. The molecule has 0 aromatic heterocycles. The lowest BCUT2D eigenvalue weighted by Crippen LogP contribution is -2.01. The van der Waals surface area contributed by atoms with Crippen molar-refractivity contribution >= 4 is 21.6 Å². The van der Waals surface area contributed by atoms with Gasteiger partial charge in [0.1, 0.15) is 11.6 Å². The van der Waals surface area contributed by atoms with E-state index in [2.05, 4.69) is 21.2 Å². The molecule has 0 unspecified atom stereocenters. The Bertz CT molecular complexity index is 572. The van der Waals surface area contributed by atoms with Crippen molar-refractivity contribution < 1.29 is 9.50 Å². The van der Waals surface area contributed by atoms with Gasteiger partial charge in [-0.3, -0.25) is 0 Å². The molecule has 0 radical (unpaired) electrons. The number of halogens is 2. The fourth-order valence-corrected chi connectivity index (χ4v) is 2.13. The third-order valence-corrected chi connectivity index (χ3v) is 3.37. The molecular formula is C14H13BrFNO. The number of anilines is 1. The maximum atomic E-state index is 13.0. The van der Waals surface area contributed by atoms with Crippen LogP contribution in [-0.2, 0) is 6.54 Å². The number of phenols is 1. The number of benzene rings is 2. The number of nitrogens with one attached hydrogen (secondary N) is 1. The summed E-state index contributed by atoms with van der Waals surface area (Å²) >= 11 is 3.27. The van der Waals surface area contributed by atoms with Crippen molar-refractivity contribution in [1.82, 2.24) is 0 Å². The van der Waals surface area contributed by atoms with Gasteiger partial charge in [-0.15, -0.1) is 0 Å². The Morgan fingerprint density at radius 1 is 1.28 bits per heavy atom. The predicted molar refractivity (Wildman–Crippen MR) is 74.3 cm³/mol. The highest BCUT2D eigenvalue weighted by atomic mass is 79.9. The van der Waals surface area contributed by atoms with Crippen molar-refractivity contribution in [3.8, 4) is 5.75 Å². The van der Waals surface area contributed by atoms with Crippen LogP contribution in [0.25, 0.3) is 0 Å². The molecule has 2 nitrogen and oxygen atoms in total. The van der Waals surface area contributed by atoms with Crippen LogP contribution in [0.15, 0.2) is 40.9 Å². The molecule has 2 rings (SSSR count). The van der Waals surface area contributed by atoms with Crippen LogP contribution in [-0.4, -0.2) is 5.11 Å². The summed E-state index contributed by atoms with van der Waals surface area (Å²) in [6.45, 7) is 2.32. The second-order valence-electron chi connectivity index (χ2n) is 4.06. The average molecular weight is 310 g/mol. The first-order valence-electron chi connectivity index (χ1n) is 5.54. The monoisotopic (exact) mass is 309 g/mol. The van der Waals surface area contributed by atoms with Crippen LogP contribution in [0.1, 0.15) is 11.1 Å². The van der Waals surface area contributed by atoms with Crippen LogP contribution in [0, 0.1) is 12.7 Å². The molecule has 0 saturated carbocycles. The number of para-hydroxylation sites is 1. The Labute approximate surface area is 114 Å². The van der Waals surface area contributed by atoms with Crippen molar-refractivity contribution in [2.75, 3.05) is 5.32 Å². The quantitative estimate of drug-likeness (QED) is 0.890. The highest BCUT2D eigenvalue weighted by Crippen LogP contribution is 2.28. The van der Waals surface area contributed by atoms with Gasteiger partial charge in [-0.05, 0) is 52.7 Å². The van der Waals surface area contributed by atoms with E-state index in [0.717, 1.165) is 16.8 Å². The molecule has 0 amide bonds. The normalized spacial score (nSPS) is 10.4. The molecule has 0 aliphatic carbocycles. The summed E-state index contributed by atoms with van der Waals surface area (Å²) in [7, 11) is 0. The molecule has 18 heavy (non-hydrogen) atoms. The molecule has 0 aliphatic heterocycles. The molecule has 0 fully saturated rings. The average Bonchev–Trinajstić information content (AvgIpc) is 2.33. The molecule has 0 atom stereocenters. The second kappa shape index (κ2) is 5.40. The Hall–Kier alpha value is -1.55. The first-order valence-corrected chi connectivity index (χ1v) is 6.33. The zero-order valence-corrected chi connectivity index (χ0v) is 11.5. The maximum absolute atomic E-state index is 13.0. The van der Waals surface area contributed by atoms with Crippen molar-refractivity contribution in [3.63, 3.8) is 0 Å². The van der Waals surface area contributed by atoms with E-state index in [0.29, 0.717) is 11.0 Å². The summed E-state index contributed by atoms with van der Waals surface area (Å²) in [5.74, 6) is -0.0203. The van der Waals surface area contributed by atoms with E-state index in [1.54, 1.807) is 12.1 Å². The fraction of sp³-hybridized carbons (Fsp3) is 0.143. The molecule has 0 saturated heterocycles. The van der Waals surface area contributed by atoms with Gasteiger partial charge in [0, 0.05) is 17.8 Å². The third-order valence-electron chi connectivity index (χ3n) is 2.73. The minimum atomic E-state index is -0.247. The zero-order chi connectivity index (χ0) is 13.1. The first-order chi connectivity index (χ1) is 8.58. The van der Waals surface area contributed by atoms with E-state index in [4.69, 9.17) is 0 Å².